The molecular weight excluding hydrogens is 246 g/mol. The Morgan fingerprint density at radius 2 is 2.11 bits per heavy atom. The summed E-state index contributed by atoms with van der Waals surface area (Å²) in [6.07, 6.45) is 3.99. The van der Waals surface area contributed by atoms with Crippen molar-refractivity contribution in [3.05, 3.63) is 22.7 Å². The van der Waals surface area contributed by atoms with Gasteiger partial charge in [0.15, 0.2) is 5.82 Å². The van der Waals surface area contributed by atoms with Gasteiger partial charge in [0.25, 0.3) is 5.56 Å². The zero-order chi connectivity index (χ0) is 14.6. The van der Waals surface area contributed by atoms with Crippen molar-refractivity contribution in [3.63, 3.8) is 0 Å². The van der Waals surface area contributed by atoms with Crippen molar-refractivity contribution in [2.75, 3.05) is 11.4 Å². The molecule has 0 aromatic carbocycles. The van der Waals surface area contributed by atoms with Gasteiger partial charge in [-0.2, -0.15) is 0 Å². The predicted molar refractivity (Wildman–Crippen MR) is 73.5 cm³/mol. The Morgan fingerprint density at radius 1 is 1.47 bits per heavy atom. The summed E-state index contributed by atoms with van der Waals surface area (Å²) < 4.78 is 1.56. The number of aliphatic carboxylic acids is 1. The zero-order valence-corrected chi connectivity index (χ0v) is 11.9. The van der Waals surface area contributed by atoms with Crippen LogP contribution in [0.5, 0.6) is 0 Å². The van der Waals surface area contributed by atoms with Crippen molar-refractivity contribution in [3.8, 4) is 0 Å². The summed E-state index contributed by atoms with van der Waals surface area (Å²) >= 11 is 0. The number of aromatic nitrogens is 2. The minimum absolute atomic E-state index is 0.186. The molecule has 0 radical (unpaired) electrons. The number of carboxylic acids is 1. The Kier molecular flexibility index (Phi) is 4.69. The van der Waals surface area contributed by atoms with Gasteiger partial charge in [0.2, 0.25) is 0 Å². The molecule has 0 bridgehead atoms. The Balaban J connectivity index is 3.31. The van der Waals surface area contributed by atoms with Crippen molar-refractivity contribution in [2.45, 2.75) is 46.2 Å². The SMILES string of the molecule is CCCn1ccnc(N(CC)C(C)(C)C(=O)O)c1=O. The van der Waals surface area contributed by atoms with E-state index in [1.54, 1.807) is 24.6 Å². The molecule has 0 fully saturated rings. The van der Waals surface area contributed by atoms with Gasteiger partial charge in [0.1, 0.15) is 5.54 Å². The average Bonchev–Trinajstić information content (AvgIpc) is 2.34. The van der Waals surface area contributed by atoms with E-state index in [0.29, 0.717) is 13.1 Å². The van der Waals surface area contributed by atoms with Crippen LogP contribution in [0.25, 0.3) is 0 Å². The minimum Gasteiger partial charge on any atom is -0.480 e. The Hall–Kier alpha value is -1.85. The highest BCUT2D eigenvalue weighted by atomic mass is 16.4. The minimum atomic E-state index is -1.17. The molecule has 1 aromatic heterocycles. The number of hydrogen-bond donors (Lipinski definition) is 1. The lowest BCUT2D eigenvalue weighted by atomic mass is 10.0. The third-order valence-electron chi connectivity index (χ3n) is 3.13. The molecule has 1 rings (SSSR count). The van der Waals surface area contributed by atoms with Crippen LogP contribution in [0.3, 0.4) is 0 Å². The fourth-order valence-electron chi connectivity index (χ4n) is 1.96. The largest absolute Gasteiger partial charge is 0.480 e. The number of nitrogens with zero attached hydrogens (tertiary/aromatic N) is 3. The first-order valence-electron chi connectivity index (χ1n) is 6.42. The molecule has 0 atom stereocenters. The molecule has 0 unspecified atom stereocenters. The molecule has 6 heteroatoms. The highest BCUT2D eigenvalue weighted by Crippen LogP contribution is 2.19. The molecule has 0 aliphatic carbocycles. The first kappa shape index (κ1) is 15.2. The van der Waals surface area contributed by atoms with Gasteiger partial charge >= 0.3 is 5.97 Å². The van der Waals surface area contributed by atoms with E-state index in [-0.39, 0.29) is 11.4 Å². The van der Waals surface area contributed by atoms with E-state index in [2.05, 4.69) is 4.98 Å². The quantitative estimate of drug-likeness (QED) is 0.842. The predicted octanol–water partition coefficient (Wildman–Crippen LogP) is 1.34. The highest BCUT2D eigenvalue weighted by Gasteiger charge is 2.36. The first-order chi connectivity index (χ1) is 8.86. The van der Waals surface area contributed by atoms with Crippen LogP contribution in [-0.2, 0) is 11.3 Å². The van der Waals surface area contributed by atoms with Gasteiger partial charge in [0.05, 0.1) is 0 Å². The summed E-state index contributed by atoms with van der Waals surface area (Å²) in [6, 6.07) is 0. The van der Waals surface area contributed by atoms with Crippen LogP contribution in [0.15, 0.2) is 17.2 Å². The topological polar surface area (TPSA) is 75.4 Å². The Labute approximate surface area is 112 Å². The molecule has 0 saturated carbocycles. The number of rotatable bonds is 6. The van der Waals surface area contributed by atoms with Gasteiger partial charge in [-0.3, -0.25) is 4.79 Å². The molecule has 0 saturated heterocycles. The average molecular weight is 267 g/mol. The molecule has 1 N–H and O–H groups in total. The first-order valence-corrected chi connectivity index (χ1v) is 6.42. The van der Waals surface area contributed by atoms with E-state index < -0.39 is 11.5 Å². The van der Waals surface area contributed by atoms with E-state index in [1.165, 1.54) is 11.1 Å². The number of anilines is 1. The van der Waals surface area contributed by atoms with Crippen LogP contribution in [0, 0.1) is 0 Å². The maximum Gasteiger partial charge on any atom is 0.329 e. The molecule has 0 aliphatic heterocycles. The summed E-state index contributed by atoms with van der Waals surface area (Å²) in [4.78, 5) is 29.2. The number of likely N-dealkylation sites (N-methyl/N-ethyl adjacent to an activating group) is 1. The van der Waals surface area contributed by atoms with E-state index in [1.807, 2.05) is 13.8 Å². The fourth-order valence-corrected chi connectivity index (χ4v) is 1.96. The van der Waals surface area contributed by atoms with Crippen LogP contribution < -0.4 is 10.5 Å². The summed E-state index contributed by atoms with van der Waals surface area (Å²) in [5.74, 6) is -0.799. The van der Waals surface area contributed by atoms with Gasteiger partial charge in [0, 0.05) is 25.5 Å². The molecule has 1 aromatic rings. The van der Waals surface area contributed by atoms with Gasteiger partial charge in [-0.05, 0) is 27.2 Å². The van der Waals surface area contributed by atoms with E-state index in [4.69, 9.17) is 0 Å². The Bertz CT molecular complexity index is 508. The molecule has 0 aliphatic rings. The number of carbonyl (C=O) groups is 1. The second kappa shape index (κ2) is 5.86. The molecule has 0 amide bonds. The standard InChI is InChI=1S/C13H21N3O3/c1-5-8-15-9-7-14-10(11(15)17)16(6-2)13(3,4)12(18)19/h7,9H,5-6,8H2,1-4H3,(H,18,19). The summed E-state index contributed by atoms with van der Waals surface area (Å²) in [7, 11) is 0. The highest BCUT2D eigenvalue weighted by molar-refractivity contribution is 5.82. The smallest absolute Gasteiger partial charge is 0.329 e. The van der Waals surface area contributed by atoms with Crippen LogP contribution in [0.4, 0.5) is 5.82 Å². The van der Waals surface area contributed by atoms with Crippen molar-refractivity contribution in [2.24, 2.45) is 0 Å². The van der Waals surface area contributed by atoms with Gasteiger partial charge in [-0.15, -0.1) is 0 Å². The number of hydrogen-bond acceptors (Lipinski definition) is 4. The van der Waals surface area contributed by atoms with Crippen LogP contribution in [0.2, 0.25) is 0 Å². The van der Waals surface area contributed by atoms with E-state index in [0.717, 1.165) is 6.42 Å². The summed E-state index contributed by atoms with van der Waals surface area (Å²) in [6.45, 7) is 7.92. The lowest BCUT2D eigenvalue weighted by Crippen LogP contribution is -2.52. The van der Waals surface area contributed by atoms with Gasteiger partial charge in [-0.25, -0.2) is 9.78 Å². The lowest BCUT2D eigenvalue weighted by Gasteiger charge is -2.34. The van der Waals surface area contributed by atoms with Crippen molar-refractivity contribution in [1.82, 2.24) is 9.55 Å². The third-order valence-corrected chi connectivity index (χ3v) is 3.13. The zero-order valence-electron chi connectivity index (χ0n) is 11.9. The van der Waals surface area contributed by atoms with Gasteiger partial charge < -0.3 is 14.6 Å². The summed E-state index contributed by atoms with van der Waals surface area (Å²) in [5, 5.41) is 9.29. The molecular formula is C13H21N3O3. The van der Waals surface area contributed by atoms with Gasteiger partial charge in [-0.1, -0.05) is 6.92 Å². The lowest BCUT2D eigenvalue weighted by molar-refractivity contribution is -0.142. The molecule has 1 heterocycles. The van der Waals surface area contributed by atoms with E-state index >= 15 is 0 Å². The second-order valence-corrected chi connectivity index (χ2v) is 4.86. The van der Waals surface area contributed by atoms with Crippen LogP contribution in [-0.4, -0.2) is 32.7 Å². The van der Waals surface area contributed by atoms with Crippen molar-refractivity contribution in [1.29, 1.82) is 0 Å². The summed E-state index contributed by atoms with van der Waals surface area (Å²) in [5.41, 5.74) is -1.42. The molecule has 106 valence electrons. The second-order valence-electron chi connectivity index (χ2n) is 4.86. The maximum absolute atomic E-state index is 12.3. The number of carboxylic acid groups (broad SMARTS) is 1. The van der Waals surface area contributed by atoms with Crippen molar-refractivity contribution < 1.29 is 9.90 Å². The fraction of sp³-hybridized carbons (Fsp3) is 0.615. The third kappa shape index (κ3) is 2.94. The maximum atomic E-state index is 12.3. The molecule has 0 spiro atoms. The Morgan fingerprint density at radius 3 is 2.58 bits per heavy atom. The molecule has 19 heavy (non-hydrogen) atoms. The van der Waals surface area contributed by atoms with E-state index in [9.17, 15) is 14.7 Å². The van der Waals surface area contributed by atoms with Crippen LogP contribution >= 0.6 is 0 Å². The number of aryl methyl sites for hydroxylation is 1. The van der Waals surface area contributed by atoms with Crippen molar-refractivity contribution >= 4 is 11.8 Å². The monoisotopic (exact) mass is 267 g/mol. The normalized spacial score (nSPS) is 11.4. The van der Waals surface area contributed by atoms with Crippen LogP contribution in [0.1, 0.15) is 34.1 Å². The molecule has 6 nitrogen and oxygen atoms in total.